The van der Waals surface area contributed by atoms with Crippen LogP contribution in [0, 0.1) is 0 Å². The highest BCUT2D eigenvalue weighted by Crippen LogP contribution is 2.19. The fourth-order valence-electron chi connectivity index (χ4n) is 2.88. The zero-order valence-corrected chi connectivity index (χ0v) is 15.8. The van der Waals surface area contributed by atoms with E-state index in [-0.39, 0.29) is 0 Å². The van der Waals surface area contributed by atoms with Gasteiger partial charge in [0.25, 0.3) is 0 Å². The third kappa shape index (κ3) is 13.4. The Kier molecular flexibility index (Phi) is 13.6. The van der Waals surface area contributed by atoms with Gasteiger partial charge >= 0.3 is 0 Å². The number of aromatic hydroxyl groups is 1. The van der Waals surface area contributed by atoms with Crippen LogP contribution >= 0.6 is 0 Å². The molecule has 0 bridgehead atoms. The van der Waals surface area contributed by atoms with E-state index in [9.17, 15) is 5.11 Å². The summed E-state index contributed by atoms with van der Waals surface area (Å²) in [6.07, 6.45) is 17.6. The van der Waals surface area contributed by atoms with E-state index >= 15 is 0 Å². The molecule has 0 amide bonds. The normalized spacial score (nSPS) is 12.5. The number of para-hydroxylation sites is 1. The molecule has 2 nitrogen and oxygen atoms in total. The summed E-state index contributed by atoms with van der Waals surface area (Å²) in [5.74, 6) is 0.459. The van der Waals surface area contributed by atoms with Gasteiger partial charge in [0.2, 0.25) is 0 Å². The Morgan fingerprint density at radius 3 is 1.67 bits per heavy atom. The number of ether oxygens (including phenoxy) is 1. The lowest BCUT2D eigenvalue weighted by atomic mass is 10.0. The first-order valence-electron chi connectivity index (χ1n) is 10.2. The van der Waals surface area contributed by atoms with Gasteiger partial charge < -0.3 is 9.84 Å². The van der Waals surface area contributed by atoms with Gasteiger partial charge in [0.15, 0.2) is 0 Å². The Morgan fingerprint density at radius 1 is 0.750 bits per heavy atom. The molecule has 0 unspecified atom stereocenters. The highest BCUT2D eigenvalue weighted by atomic mass is 16.6. The standard InChI is InChI=1S/C20H34O.C2H4O/c1-2-3-4-5-6-7-8-9-10-11-12-13-16-19-17-14-15-18-20(19)21;1-2-3-1/h14-15,17-18,21H,2-13,16H2,1H3;1-2H2. The van der Waals surface area contributed by atoms with Crippen molar-refractivity contribution < 1.29 is 9.84 Å². The molecule has 0 spiro atoms. The zero-order valence-electron chi connectivity index (χ0n) is 15.8. The Bertz CT molecular complexity index is 385. The Balaban J connectivity index is 0.000000857. The summed E-state index contributed by atoms with van der Waals surface area (Å²) >= 11 is 0. The van der Waals surface area contributed by atoms with Crippen molar-refractivity contribution in [3.63, 3.8) is 0 Å². The molecule has 138 valence electrons. The molecule has 24 heavy (non-hydrogen) atoms. The molecule has 1 saturated heterocycles. The third-order valence-electron chi connectivity index (χ3n) is 4.50. The fraction of sp³-hybridized carbons (Fsp3) is 0.727. The molecule has 0 aromatic heterocycles. The topological polar surface area (TPSA) is 32.8 Å². The molecule has 1 aliphatic heterocycles. The van der Waals surface area contributed by atoms with Crippen molar-refractivity contribution in [1.82, 2.24) is 0 Å². The van der Waals surface area contributed by atoms with Crippen molar-refractivity contribution in [3.8, 4) is 5.75 Å². The molecule has 0 radical (unpaired) electrons. The Morgan fingerprint density at radius 2 is 1.21 bits per heavy atom. The Labute approximate surface area is 149 Å². The molecule has 1 aliphatic rings. The number of phenols is 1. The van der Waals surface area contributed by atoms with Crippen LogP contribution in [-0.2, 0) is 11.2 Å². The summed E-state index contributed by atoms with van der Waals surface area (Å²) in [5.41, 5.74) is 1.10. The predicted molar refractivity (Wildman–Crippen MR) is 104 cm³/mol. The van der Waals surface area contributed by atoms with Crippen LogP contribution in [0.25, 0.3) is 0 Å². The van der Waals surface area contributed by atoms with Gasteiger partial charge in [-0.05, 0) is 24.5 Å². The predicted octanol–water partition coefficient (Wildman–Crippen LogP) is 6.65. The van der Waals surface area contributed by atoms with Gasteiger partial charge in [-0.25, -0.2) is 0 Å². The van der Waals surface area contributed by atoms with E-state index < -0.39 is 0 Å². The average Bonchev–Trinajstić information content (AvgIpc) is 3.46. The number of benzene rings is 1. The van der Waals surface area contributed by atoms with Gasteiger partial charge in [0, 0.05) is 0 Å². The van der Waals surface area contributed by atoms with Crippen LogP contribution in [0.1, 0.15) is 89.5 Å². The number of rotatable bonds is 13. The Hall–Kier alpha value is -1.02. The van der Waals surface area contributed by atoms with E-state index in [1.165, 1.54) is 77.0 Å². The van der Waals surface area contributed by atoms with Crippen LogP contribution in [0.15, 0.2) is 24.3 Å². The second kappa shape index (κ2) is 15.5. The van der Waals surface area contributed by atoms with Crippen molar-refractivity contribution in [2.75, 3.05) is 13.2 Å². The molecule has 0 aliphatic carbocycles. The van der Waals surface area contributed by atoms with E-state index in [1.807, 2.05) is 18.2 Å². The van der Waals surface area contributed by atoms with Gasteiger partial charge in [-0.15, -0.1) is 0 Å². The van der Waals surface area contributed by atoms with Crippen LogP contribution in [0.5, 0.6) is 5.75 Å². The average molecular weight is 335 g/mol. The number of hydrogen-bond acceptors (Lipinski definition) is 2. The monoisotopic (exact) mass is 334 g/mol. The van der Waals surface area contributed by atoms with Crippen LogP contribution in [0.4, 0.5) is 0 Å². The maximum atomic E-state index is 9.69. The summed E-state index contributed by atoms with van der Waals surface area (Å²) in [6.45, 7) is 4.28. The maximum absolute atomic E-state index is 9.69. The largest absolute Gasteiger partial charge is 0.508 e. The lowest BCUT2D eigenvalue weighted by Crippen LogP contribution is -1.87. The first-order valence-corrected chi connectivity index (χ1v) is 10.2. The molecular formula is C22H38O2. The minimum Gasteiger partial charge on any atom is -0.508 e. The van der Waals surface area contributed by atoms with Gasteiger partial charge in [0.1, 0.15) is 5.75 Å². The minimum atomic E-state index is 0.459. The highest BCUT2D eigenvalue weighted by Gasteiger charge is 1.99. The number of phenolic OH excluding ortho intramolecular Hbond substituents is 1. The number of unbranched alkanes of at least 4 members (excludes halogenated alkanes) is 11. The lowest BCUT2D eigenvalue weighted by molar-refractivity contribution is 0.466. The number of aryl methyl sites for hydroxylation is 1. The van der Waals surface area contributed by atoms with E-state index in [4.69, 9.17) is 0 Å². The summed E-state index contributed by atoms with van der Waals surface area (Å²) in [4.78, 5) is 0. The molecule has 1 fully saturated rings. The van der Waals surface area contributed by atoms with Crippen molar-refractivity contribution in [3.05, 3.63) is 29.8 Å². The minimum absolute atomic E-state index is 0.459. The van der Waals surface area contributed by atoms with Crippen LogP contribution < -0.4 is 0 Å². The van der Waals surface area contributed by atoms with E-state index in [0.29, 0.717) is 5.75 Å². The maximum Gasteiger partial charge on any atom is 0.118 e. The van der Waals surface area contributed by atoms with Crippen LogP contribution in [0.2, 0.25) is 0 Å². The van der Waals surface area contributed by atoms with Gasteiger partial charge in [0.05, 0.1) is 13.2 Å². The summed E-state index contributed by atoms with van der Waals surface area (Å²) < 4.78 is 4.50. The molecule has 2 rings (SSSR count). The fourth-order valence-corrected chi connectivity index (χ4v) is 2.88. The smallest absolute Gasteiger partial charge is 0.118 e. The first kappa shape index (κ1) is 21.0. The SMILES string of the molecule is C1CO1.CCCCCCCCCCCCCCc1ccccc1O. The molecule has 0 saturated carbocycles. The first-order chi connectivity index (χ1) is 11.8. The van der Waals surface area contributed by atoms with E-state index in [1.54, 1.807) is 6.07 Å². The highest BCUT2D eigenvalue weighted by molar-refractivity contribution is 5.31. The van der Waals surface area contributed by atoms with Crippen molar-refractivity contribution >= 4 is 0 Å². The second-order valence-corrected chi connectivity index (χ2v) is 6.88. The molecule has 2 heteroatoms. The van der Waals surface area contributed by atoms with Gasteiger partial charge in [-0.3, -0.25) is 0 Å². The van der Waals surface area contributed by atoms with Crippen LogP contribution in [0.3, 0.4) is 0 Å². The molecule has 1 N–H and O–H groups in total. The third-order valence-corrected chi connectivity index (χ3v) is 4.50. The summed E-state index contributed by atoms with van der Waals surface area (Å²) in [6, 6.07) is 7.72. The molecule has 1 aromatic rings. The van der Waals surface area contributed by atoms with E-state index in [2.05, 4.69) is 11.7 Å². The lowest BCUT2D eigenvalue weighted by Gasteiger charge is -2.04. The van der Waals surface area contributed by atoms with Gasteiger partial charge in [-0.1, -0.05) is 95.8 Å². The van der Waals surface area contributed by atoms with Crippen LogP contribution in [-0.4, -0.2) is 18.3 Å². The summed E-state index contributed by atoms with van der Waals surface area (Å²) in [7, 11) is 0. The van der Waals surface area contributed by atoms with Crippen molar-refractivity contribution in [2.45, 2.75) is 90.4 Å². The van der Waals surface area contributed by atoms with E-state index in [0.717, 1.165) is 25.2 Å². The van der Waals surface area contributed by atoms with Crippen molar-refractivity contribution in [2.24, 2.45) is 0 Å². The number of hydrogen-bond donors (Lipinski definition) is 1. The second-order valence-electron chi connectivity index (χ2n) is 6.88. The molecule has 1 aromatic carbocycles. The summed E-state index contributed by atoms with van der Waals surface area (Å²) in [5, 5.41) is 9.69. The number of epoxide rings is 1. The quantitative estimate of drug-likeness (QED) is 0.323. The zero-order chi connectivity index (χ0) is 17.3. The van der Waals surface area contributed by atoms with Gasteiger partial charge in [-0.2, -0.15) is 0 Å². The molecule has 1 heterocycles. The molecular weight excluding hydrogens is 296 g/mol. The molecule has 0 atom stereocenters. The van der Waals surface area contributed by atoms with Crippen molar-refractivity contribution in [1.29, 1.82) is 0 Å².